The van der Waals surface area contributed by atoms with E-state index in [1.54, 1.807) is 7.11 Å². The van der Waals surface area contributed by atoms with Crippen molar-refractivity contribution in [1.29, 1.82) is 0 Å². The molecule has 98 valence electrons. The van der Waals surface area contributed by atoms with E-state index < -0.39 is 0 Å². The Bertz CT molecular complexity index is 390. The lowest BCUT2D eigenvalue weighted by molar-refractivity contribution is 0.0941. The number of anilines is 1. The topological polar surface area (TPSA) is 30.5 Å². The van der Waals surface area contributed by atoms with Crippen molar-refractivity contribution in [3.63, 3.8) is 0 Å². The second kappa shape index (κ2) is 5.29. The maximum absolute atomic E-state index is 5.87. The molecule has 0 aliphatic carbocycles. The van der Waals surface area contributed by atoms with Crippen LogP contribution in [0.3, 0.4) is 0 Å². The van der Waals surface area contributed by atoms with Gasteiger partial charge in [-0.05, 0) is 37.0 Å². The van der Waals surface area contributed by atoms with Crippen molar-refractivity contribution in [2.24, 2.45) is 5.92 Å². The Hall–Kier alpha value is -1.06. The summed E-state index contributed by atoms with van der Waals surface area (Å²) in [5, 5.41) is 3.52. The molecule has 1 N–H and O–H groups in total. The summed E-state index contributed by atoms with van der Waals surface area (Å²) in [6.07, 6.45) is 4.82. The van der Waals surface area contributed by atoms with Crippen molar-refractivity contribution >= 4 is 5.69 Å². The van der Waals surface area contributed by atoms with Gasteiger partial charge in [0, 0.05) is 25.3 Å². The van der Waals surface area contributed by atoms with Gasteiger partial charge in [0.05, 0.1) is 18.8 Å². The van der Waals surface area contributed by atoms with Crippen molar-refractivity contribution in [2.45, 2.75) is 38.1 Å². The first-order valence-electron chi connectivity index (χ1n) is 6.82. The van der Waals surface area contributed by atoms with Crippen LogP contribution in [-0.4, -0.2) is 25.9 Å². The number of nitrogens with one attached hydrogen (secondary N) is 1. The molecule has 18 heavy (non-hydrogen) atoms. The van der Waals surface area contributed by atoms with Gasteiger partial charge < -0.3 is 14.8 Å². The van der Waals surface area contributed by atoms with Gasteiger partial charge in [0.2, 0.25) is 0 Å². The zero-order valence-electron chi connectivity index (χ0n) is 10.9. The fourth-order valence-corrected chi connectivity index (χ4v) is 3.09. The predicted octanol–water partition coefficient (Wildman–Crippen LogP) is 2.81. The minimum absolute atomic E-state index is 0.510. The van der Waals surface area contributed by atoms with Crippen LogP contribution in [0.2, 0.25) is 0 Å². The van der Waals surface area contributed by atoms with E-state index in [0.717, 1.165) is 6.54 Å². The van der Waals surface area contributed by atoms with Gasteiger partial charge in [-0.3, -0.25) is 0 Å². The van der Waals surface area contributed by atoms with E-state index in [9.17, 15) is 0 Å². The lowest BCUT2D eigenvalue weighted by Crippen LogP contribution is -2.24. The Kier molecular flexibility index (Phi) is 3.52. The van der Waals surface area contributed by atoms with E-state index in [-0.39, 0.29) is 0 Å². The summed E-state index contributed by atoms with van der Waals surface area (Å²) in [6, 6.07) is 8.48. The molecule has 2 aliphatic rings. The van der Waals surface area contributed by atoms with Crippen LogP contribution in [0.4, 0.5) is 5.69 Å². The van der Waals surface area contributed by atoms with Crippen LogP contribution in [0.5, 0.6) is 0 Å². The van der Waals surface area contributed by atoms with E-state index in [0.29, 0.717) is 24.7 Å². The highest BCUT2D eigenvalue weighted by Gasteiger charge is 2.40. The molecular formula is C15H21NO2. The summed E-state index contributed by atoms with van der Waals surface area (Å²) in [5.41, 5.74) is 2.41. The van der Waals surface area contributed by atoms with Crippen molar-refractivity contribution in [3.05, 3.63) is 29.8 Å². The number of hydrogen-bond acceptors (Lipinski definition) is 3. The minimum Gasteiger partial charge on any atom is -0.385 e. The highest BCUT2D eigenvalue weighted by atomic mass is 16.5. The minimum atomic E-state index is 0.510. The number of ether oxygens (including phenoxy) is 2. The highest BCUT2D eigenvalue weighted by Crippen LogP contribution is 2.38. The fourth-order valence-electron chi connectivity index (χ4n) is 3.09. The lowest BCUT2D eigenvalue weighted by Gasteiger charge is -2.19. The molecule has 3 atom stereocenters. The summed E-state index contributed by atoms with van der Waals surface area (Å²) in [7, 11) is 1.72. The fraction of sp³-hybridized carbons (Fsp3) is 0.600. The molecule has 0 amide bonds. The summed E-state index contributed by atoms with van der Waals surface area (Å²) in [6.45, 7) is 1.71. The molecule has 2 bridgehead atoms. The molecule has 0 spiro atoms. The smallest absolute Gasteiger partial charge is 0.0713 e. The van der Waals surface area contributed by atoms with Gasteiger partial charge in [-0.1, -0.05) is 12.1 Å². The predicted molar refractivity (Wildman–Crippen MR) is 71.6 cm³/mol. The summed E-state index contributed by atoms with van der Waals surface area (Å²) in [5.74, 6) is 0.697. The number of hydrogen-bond donors (Lipinski definition) is 1. The lowest BCUT2D eigenvalue weighted by atomic mass is 9.89. The third kappa shape index (κ3) is 2.52. The monoisotopic (exact) mass is 247 g/mol. The molecule has 0 radical (unpaired) electrons. The molecule has 0 saturated carbocycles. The molecule has 2 fully saturated rings. The molecule has 1 aromatic rings. The molecule has 3 nitrogen and oxygen atoms in total. The van der Waals surface area contributed by atoms with E-state index in [4.69, 9.17) is 9.47 Å². The van der Waals surface area contributed by atoms with Crippen LogP contribution in [0, 0.1) is 5.92 Å². The molecule has 3 heteroatoms. The van der Waals surface area contributed by atoms with Gasteiger partial charge in [-0.25, -0.2) is 0 Å². The Labute approximate surface area is 108 Å². The normalized spacial score (nSPS) is 29.7. The van der Waals surface area contributed by atoms with Crippen LogP contribution >= 0.6 is 0 Å². The van der Waals surface area contributed by atoms with Crippen molar-refractivity contribution in [1.82, 2.24) is 0 Å². The summed E-state index contributed by atoms with van der Waals surface area (Å²) < 4.78 is 11.0. The third-order valence-electron chi connectivity index (χ3n) is 4.07. The molecule has 0 aromatic heterocycles. The number of rotatable bonds is 5. The van der Waals surface area contributed by atoms with Gasteiger partial charge >= 0.3 is 0 Å². The van der Waals surface area contributed by atoms with Crippen LogP contribution in [0.1, 0.15) is 24.8 Å². The molecule has 2 saturated heterocycles. The van der Waals surface area contributed by atoms with Crippen LogP contribution < -0.4 is 5.32 Å². The molecular weight excluding hydrogens is 226 g/mol. The maximum Gasteiger partial charge on any atom is 0.0713 e. The van der Waals surface area contributed by atoms with E-state index in [2.05, 4.69) is 29.6 Å². The largest absolute Gasteiger partial charge is 0.385 e. The summed E-state index contributed by atoms with van der Waals surface area (Å²) in [4.78, 5) is 0. The van der Waals surface area contributed by atoms with Gasteiger partial charge in [-0.15, -0.1) is 0 Å². The Balaban J connectivity index is 1.50. The third-order valence-corrected chi connectivity index (χ3v) is 4.07. The zero-order chi connectivity index (χ0) is 12.4. The second-order valence-electron chi connectivity index (χ2n) is 5.38. The Morgan fingerprint density at radius 2 is 2.11 bits per heavy atom. The van der Waals surface area contributed by atoms with E-state index >= 15 is 0 Å². The SMILES string of the molecule is COCc1ccc(NCC2CC3CCC2O3)cc1. The van der Waals surface area contributed by atoms with Crippen LogP contribution in [0.25, 0.3) is 0 Å². The van der Waals surface area contributed by atoms with Crippen molar-refractivity contribution in [2.75, 3.05) is 19.0 Å². The molecule has 1 aromatic carbocycles. The van der Waals surface area contributed by atoms with E-state index in [1.807, 2.05) is 0 Å². The van der Waals surface area contributed by atoms with Gasteiger partial charge in [-0.2, -0.15) is 0 Å². The quantitative estimate of drug-likeness (QED) is 0.868. The number of fused-ring (bicyclic) bond motifs is 2. The highest BCUT2D eigenvalue weighted by molar-refractivity contribution is 5.44. The standard InChI is InChI=1S/C15H21NO2/c1-17-10-11-2-4-13(5-3-11)16-9-12-8-14-6-7-15(12)18-14/h2-5,12,14-16H,6-10H2,1H3. The Morgan fingerprint density at radius 1 is 1.28 bits per heavy atom. The van der Waals surface area contributed by atoms with Gasteiger partial charge in [0.25, 0.3) is 0 Å². The number of benzene rings is 1. The first kappa shape index (κ1) is 12.0. The average molecular weight is 247 g/mol. The molecule has 2 heterocycles. The molecule has 2 aliphatic heterocycles. The maximum atomic E-state index is 5.87. The first-order chi connectivity index (χ1) is 8.85. The first-order valence-corrected chi connectivity index (χ1v) is 6.82. The second-order valence-corrected chi connectivity index (χ2v) is 5.38. The number of methoxy groups -OCH3 is 1. The molecule has 3 unspecified atom stereocenters. The molecule has 3 rings (SSSR count). The average Bonchev–Trinajstić information content (AvgIpc) is 3.00. The van der Waals surface area contributed by atoms with E-state index in [1.165, 1.54) is 30.5 Å². The summed E-state index contributed by atoms with van der Waals surface area (Å²) >= 11 is 0. The van der Waals surface area contributed by atoms with Gasteiger partial charge in [0.1, 0.15) is 0 Å². The van der Waals surface area contributed by atoms with Crippen LogP contribution in [0.15, 0.2) is 24.3 Å². The van der Waals surface area contributed by atoms with Crippen molar-refractivity contribution < 1.29 is 9.47 Å². The van der Waals surface area contributed by atoms with Crippen LogP contribution in [-0.2, 0) is 16.1 Å². The zero-order valence-corrected chi connectivity index (χ0v) is 10.9. The Morgan fingerprint density at radius 3 is 2.72 bits per heavy atom. The van der Waals surface area contributed by atoms with Crippen molar-refractivity contribution in [3.8, 4) is 0 Å². The van der Waals surface area contributed by atoms with Gasteiger partial charge in [0.15, 0.2) is 0 Å².